The summed E-state index contributed by atoms with van der Waals surface area (Å²) < 4.78 is 0. The Labute approximate surface area is 82.5 Å². The molecule has 0 heterocycles. The molecule has 0 saturated heterocycles. The van der Waals surface area contributed by atoms with Crippen LogP contribution in [0.5, 0.6) is 0 Å². The second-order valence-corrected chi connectivity index (χ2v) is 4.53. The minimum absolute atomic E-state index is 0.657. The van der Waals surface area contributed by atoms with Gasteiger partial charge in [-0.2, -0.15) is 0 Å². The Balaban J connectivity index is 2.27. The first-order chi connectivity index (χ1) is 6.24. The molecule has 2 heteroatoms. The van der Waals surface area contributed by atoms with Crippen molar-refractivity contribution in [3.8, 4) is 0 Å². The van der Waals surface area contributed by atoms with Crippen LogP contribution in [0.1, 0.15) is 39.5 Å². The van der Waals surface area contributed by atoms with E-state index < -0.39 is 0 Å². The van der Waals surface area contributed by atoms with Crippen LogP contribution in [-0.4, -0.2) is 30.6 Å². The first kappa shape index (κ1) is 11.0. The largest absolute Gasteiger partial charge is 0.329 e. The van der Waals surface area contributed by atoms with Gasteiger partial charge in [-0.25, -0.2) is 0 Å². The summed E-state index contributed by atoms with van der Waals surface area (Å²) in [6.45, 7) is 7.67. The summed E-state index contributed by atoms with van der Waals surface area (Å²) in [4.78, 5) is 2.52. The van der Waals surface area contributed by atoms with Gasteiger partial charge in [-0.1, -0.05) is 12.8 Å². The third kappa shape index (κ3) is 3.65. The van der Waals surface area contributed by atoms with Crippen LogP contribution >= 0.6 is 0 Å². The van der Waals surface area contributed by atoms with E-state index in [4.69, 9.17) is 5.73 Å². The van der Waals surface area contributed by atoms with Gasteiger partial charge in [0.15, 0.2) is 0 Å². The van der Waals surface area contributed by atoms with Crippen molar-refractivity contribution in [1.29, 1.82) is 0 Å². The molecule has 0 amide bonds. The van der Waals surface area contributed by atoms with Crippen molar-refractivity contribution in [2.45, 2.75) is 45.6 Å². The van der Waals surface area contributed by atoms with Crippen LogP contribution in [-0.2, 0) is 0 Å². The molecule has 0 radical (unpaired) electrons. The predicted molar refractivity (Wildman–Crippen MR) is 57.7 cm³/mol. The fourth-order valence-corrected chi connectivity index (χ4v) is 2.25. The van der Waals surface area contributed by atoms with Crippen molar-refractivity contribution < 1.29 is 0 Å². The lowest BCUT2D eigenvalue weighted by atomic mass is 10.1. The Morgan fingerprint density at radius 1 is 1.31 bits per heavy atom. The Bertz CT molecular complexity index is 128. The van der Waals surface area contributed by atoms with Crippen LogP contribution in [0.15, 0.2) is 0 Å². The number of hydrogen-bond donors (Lipinski definition) is 1. The third-order valence-electron chi connectivity index (χ3n) is 3.11. The van der Waals surface area contributed by atoms with E-state index in [-0.39, 0.29) is 0 Å². The summed E-state index contributed by atoms with van der Waals surface area (Å²) in [5, 5.41) is 0. The van der Waals surface area contributed by atoms with Gasteiger partial charge < -0.3 is 5.73 Å². The van der Waals surface area contributed by atoms with E-state index in [1.54, 1.807) is 0 Å². The quantitative estimate of drug-likeness (QED) is 0.706. The molecule has 0 atom stereocenters. The lowest BCUT2D eigenvalue weighted by molar-refractivity contribution is 0.193. The van der Waals surface area contributed by atoms with Gasteiger partial charge in [0, 0.05) is 25.7 Å². The first-order valence-corrected chi connectivity index (χ1v) is 5.68. The molecule has 0 bridgehead atoms. The van der Waals surface area contributed by atoms with Crippen molar-refractivity contribution in [2.75, 3.05) is 19.6 Å². The molecule has 1 saturated carbocycles. The number of nitrogens with two attached hydrogens (primary N) is 1. The molecule has 78 valence electrons. The molecule has 1 aliphatic rings. The lowest BCUT2D eigenvalue weighted by Gasteiger charge is -2.28. The average Bonchev–Trinajstić information content (AvgIpc) is 2.56. The standard InChI is InChI=1S/C11H24N2/c1-10(2)13(8-7-12)9-11-5-3-4-6-11/h10-11H,3-9,12H2,1-2H3. The maximum Gasteiger partial charge on any atom is 0.0107 e. The zero-order chi connectivity index (χ0) is 9.68. The molecule has 1 aliphatic carbocycles. The minimum Gasteiger partial charge on any atom is -0.329 e. The number of nitrogens with zero attached hydrogens (tertiary/aromatic N) is 1. The summed E-state index contributed by atoms with van der Waals surface area (Å²) in [6.07, 6.45) is 5.76. The summed E-state index contributed by atoms with van der Waals surface area (Å²) in [7, 11) is 0. The fourth-order valence-electron chi connectivity index (χ4n) is 2.25. The Morgan fingerprint density at radius 2 is 1.92 bits per heavy atom. The molecule has 0 aromatic carbocycles. The highest BCUT2D eigenvalue weighted by atomic mass is 15.1. The predicted octanol–water partition coefficient (Wildman–Crippen LogP) is 1.85. The molecule has 2 nitrogen and oxygen atoms in total. The van der Waals surface area contributed by atoms with Crippen LogP contribution in [0.25, 0.3) is 0 Å². The van der Waals surface area contributed by atoms with Crippen LogP contribution in [0, 0.1) is 5.92 Å². The maximum atomic E-state index is 5.60. The molecule has 2 N–H and O–H groups in total. The van der Waals surface area contributed by atoms with E-state index in [1.807, 2.05) is 0 Å². The molecule has 0 spiro atoms. The smallest absolute Gasteiger partial charge is 0.0107 e. The lowest BCUT2D eigenvalue weighted by Crippen LogP contribution is -2.38. The van der Waals surface area contributed by atoms with E-state index in [0.717, 1.165) is 19.0 Å². The zero-order valence-electron chi connectivity index (χ0n) is 9.13. The molecule has 13 heavy (non-hydrogen) atoms. The molecular weight excluding hydrogens is 160 g/mol. The Morgan fingerprint density at radius 3 is 2.38 bits per heavy atom. The summed E-state index contributed by atoms with van der Waals surface area (Å²) in [5.41, 5.74) is 5.60. The van der Waals surface area contributed by atoms with Gasteiger partial charge in [0.25, 0.3) is 0 Å². The van der Waals surface area contributed by atoms with Crippen molar-refractivity contribution >= 4 is 0 Å². The van der Waals surface area contributed by atoms with Crippen molar-refractivity contribution in [1.82, 2.24) is 4.90 Å². The molecule has 1 fully saturated rings. The zero-order valence-corrected chi connectivity index (χ0v) is 9.13. The van der Waals surface area contributed by atoms with Gasteiger partial charge in [-0.05, 0) is 32.6 Å². The Kier molecular flexibility index (Phi) is 4.74. The van der Waals surface area contributed by atoms with E-state index in [2.05, 4.69) is 18.7 Å². The normalized spacial score (nSPS) is 19.2. The van der Waals surface area contributed by atoms with Crippen LogP contribution < -0.4 is 5.73 Å². The summed E-state index contributed by atoms with van der Waals surface area (Å²) in [5.74, 6) is 0.953. The second-order valence-electron chi connectivity index (χ2n) is 4.53. The van der Waals surface area contributed by atoms with E-state index >= 15 is 0 Å². The highest BCUT2D eigenvalue weighted by Crippen LogP contribution is 2.25. The van der Waals surface area contributed by atoms with Gasteiger partial charge >= 0.3 is 0 Å². The molecule has 0 aromatic rings. The van der Waals surface area contributed by atoms with Gasteiger partial charge in [0.1, 0.15) is 0 Å². The number of rotatable bonds is 5. The summed E-state index contributed by atoms with van der Waals surface area (Å²) >= 11 is 0. The van der Waals surface area contributed by atoms with Crippen molar-refractivity contribution in [3.05, 3.63) is 0 Å². The first-order valence-electron chi connectivity index (χ1n) is 5.68. The third-order valence-corrected chi connectivity index (χ3v) is 3.11. The van der Waals surface area contributed by atoms with E-state index in [1.165, 1.54) is 32.2 Å². The second kappa shape index (κ2) is 5.61. The molecule has 1 rings (SSSR count). The molecule has 0 unspecified atom stereocenters. The molecular formula is C11H24N2. The van der Waals surface area contributed by atoms with Crippen molar-refractivity contribution in [2.24, 2.45) is 11.7 Å². The van der Waals surface area contributed by atoms with Gasteiger partial charge in [0.2, 0.25) is 0 Å². The minimum atomic E-state index is 0.657. The van der Waals surface area contributed by atoms with Crippen molar-refractivity contribution in [3.63, 3.8) is 0 Å². The topological polar surface area (TPSA) is 29.3 Å². The van der Waals surface area contributed by atoms with Crippen LogP contribution in [0.4, 0.5) is 0 Å². The van der Waals surface area contributed by atoms with Crippen LogP contribution in [0.2, 0.25) is 0 Å². The number of hydrogen-bond acceptors (Lipinski definition) is 2. The Hall–Kier alpha value is -0.0800. The maximum absolute atomic E-state index is 5.60. The average molecular weight is 184 g/mol. The SMILES string of the molecule is CC(C)N(CCN)CC1CCCC1. The van der Waals surface area contributed by atoms with Gasteiger partial charge in [0.05, 0.1) is 0 Å². The van der Waals surface area contributed by atoms with Gasteiger partial charge in [-0.3, -0.25) is 4.90 Å². The van der Waals surface area contributed by atoms with Crippen LogP contribution in [0.3, 0.4) is 0 Å². The fraction of sp³-hybridized carbons (Fsp3) is 1.00. The summed E-state index contributed by atoms with van der Waals surface area (Å²) in [6, 6.07) is 0.657. The van der Waals surface area contributed by atoms with Gasteiger partial charge in [-0.15, -0.1) is 0 Å². The highest BCUT2D eigenvalue weighted by Gasteiger charge is 2.19. The van der Waals surface area contributed by atoms with E-state index in [9.17, 15) is 0 Å². The van der Waals surface area contributed by atoms with E-state index in [0.29, 0.717) is 6.04 Å². The highest BCUT2D eigenvalue weighted by molar-refractivity contribution is 4.73. The molecule has 0 aromatic heterocycles. The molecule has 0 aliphatic heterocycles. The monoisotopic (exact) mass is 184 g/mol.